The Morgan fingerprint density at radius 3 is 2.83 bits per heavy atom. The fraction of sp³-hybridized carbons (Fsp3) is 0.417. The Morgan fingerprint density at radius 1 is 1.56 bits per heavy atom. The summed E-state index contributed by atoms with van der Waals surface area (Å²) in [7, 11) is 0. The van der Waals surface area contributed by atoms with Gasteiger partial charge in [0.1, 0.15) is 6.17 Å². The van der Waals surface area contributed by atoms with Crippen LogP contribution in [0.25, 0.3) is 0 Å². The Kier molecular flexibility index (Phi) is 3.53. The highest BCUT2D eigenvalue weighted by atomic mass is 19.1. The lowest BCUT2D eigenvalue weighted by Gasteiger charge is -2.34. The maximum Gasteiger partial charge on any atom is 0.273 e. The molecule has 1 fully saturated rings. The van der Waals surface area contributed by atoms with Gasteiger partial charge in [-0.15, -0.1) is 0 Å². The van der Waals surface area contributed by atoms with Crippen molar-refractivity contribution in [3.05, 3.63) is 39.4 Å². The van der Waals surface area contributed by atoms with E-state index >= 15 is 0 Å². The van der Waals surface area contributed by atoms with Crippen LogP contribution in [0.3, 0.4) is 0 Å². The van der Waals surface area contributed by atoms with E-state index < -0.39 is 11.1 Å². The second-order valence-corrected chi connectivity index (χ2v) is 4.32. The van der Waals surface area contributed by atoms with Crippen LogP contribution in [-0.2, 0) is 6.42 Å². The molecule has 5 nitrogen and oxygen atoms in total. The second-order valence-electron chi connectivity index (χ2n) is 4.32. The van der Waals surface area contributed by atoms with Gasteiger partial charge in [-0.1, -0.05) is 6.07 Å². The predicted octanol–water partition coefficient (Wildman–Crippen LogP) is 1.66. The zero-order chi connectivity index (χ0) is 13.1. The molecule has 0 saturated carbocycles. The van der Waals surface area contributed by atoms with E-state index in [4.69, 9.17) is 5.26 Å². The zero-order valence-corrected chi connectivity index (χ0v) is 9.67. The third-order valence-corrected chi connectivity index (χ3v) is 3.02. The minimum absolute atomic E-state index is 0.0358. The van der Waals surface area contributed by atoms with Crippen molar-refractivity contribution in [3.63, 3.8) is 0 Å². The number of rotatable bonds is 4. The third-order valence-electron chi connectivity index (χ3n) is 3.02. The van der Waals surface area contributed by atoms with Gasteiger partial charge in [0.05, 0.1) is 16.6 Å². The summed E-state index contributed by atoms with van der Waals surface area (Å²) in [5.41, 5.74) is 0.825. The summed E-state index contributed by atoms with van der Waals surface area (Å²) in [6.07, 6.45) is -0.268. The maximum atomic E-state index is 12.6. The quantitative estimate of drug-likeness (QED) is 0.601. The average Bonchev–Trinajstić information content (AvgIpc) is 2.33. The van der Waals surface area contributed by atoms with Gasteiger partial charge in [0.25, 0.3) is 5.69 Å². The lowest BCUT2D eigenvalue weighted by molar-refractivity contribution is -0.385. The van der Waals surface area contributed by atoms with Crippen molar-refractivity contribution in [2.45, 2.75) is 12.6 Å². The summed E-state index contributed by atoms with van der Waals surface area (Å²) in [5.74, 6) is 0. The number of nitrogens with zero attached hydrogens (tertiary/aromatic N) is 3. The van der Waals surface area contributed by atoms with Crippen LogP contribution in [0.4, 0.5) is 10.1 Å². The number of likely N-dealkylation sites (tertiary alicyclic amines) is 1. The first-order valence-corrected chi connectivity index (χ1v) is 5.64. The lowest BCUT2D eigenvalue weighted by Crippen LogP contribution is -2.48. The molecule has 0 N–H and O–H groups in total. The van der Waals surface area contributed by atoms with Gasteiger partial charge >= 0.3 is 0 Å². The average molecular weight is 249 g/mol. The molecule has 1 aliphatic heterocycles. The van der Waals surface area contributed by atoms with Gasteiger partial charge in [0, 0.05) is 31.3 Å². The van der Waals surface area contributed by atoms with Gasteiger partial charge in [-0.05, 0) is 12.5 Å². The van der Waals surface area contributed by atoms with Crippen LogP contribution in [0.15, 0.2) is 18.2 Å². The molecule has 94 valence electrons. The van der Waals surface area contributed by atoms with Gasteiger partial charge in [0.2, 0.25) is 0 Å². The van der Waals surface area contributed by atoms with Gasteiger partial charge in [0.15, 0.2) is 0 Å². The fourth-order valence-corrected chi connectivity index (χ4v) is 1.98. The summed E-state index contributed by atoms with van der Waals surface area (Å²) < 4.78 is 12.6. The Hall–Kier alpha value is -2.00. The molecule has 0 bridgehead atoms. The minimum atomic E-state index is -0.763. The number of hydrogen-bond acceptors (Lipinski definition) is 4. The Balaban J connectivity index is 2.07. The van der Waals surface area contributed by atoms with Crippen LogP contribution in [0.1, 0.15) is 11.1 Å². The minimum Gasteiger partial charge on any atom is -0.297 e. The zero-order valence-electron chi connectivity index (χ0n) is 9.67. The van der Waals surface area contributed by atoms with E-state index in [9.17, 15) is 14.5 Å². The molecule has 6 heteroatoms. The summed E-state index contributed by atoms with van der Waals surface area (Å²) >= 11 is 0. The normalized spacial score (nSPS) is 16.0. The first-order valence-electron chi connectivity index (χ1n) is 5.64. The third kappa shape index (κ3) is 2.63. The number of nitro groups is 1. The topological polar surface area (TPSA) is 70.2 Å². The fourth-order valence-electron chi connectivity index (χ4n) is 1.98. The van der Waals surface area contributed by atoms with E-state index in [1.54, 1.807) is 12.1 Å². The van der Waals surface area contributed by atoms with Gasteiger partial charge in [-0.25, -0.2) is 4.39 Å². The van der Waals surface area contributed by atoms with E-state index in [2.05, 4.69) is 0 Å². The molecule has 1 heterocycles. The molecular formula is C12H12FN3O2. The van der Waals surface area contributed by atoms with Crippen LogP contribution >= 0.6 is 0 Å². The number of hydrogen-bond donors (Lipinski definition) is 0. The van der Waals surface area contributed by atoms with E-state index in [-0.39, 0.29) is 11.3 Å². The van der Waals surface area contributed by atoms with Crippen molar-refractivity contribution >= 4 is 5.69 Å². The summed E-state index contributed by atoms with van der Waals surface area (Å²) in [5, 5.41) is 19.6. The number of benzene rings is 1. The van der Waals surface area contributed by atoms with E-state index in [0.717, 1.165) is 0 Å². The molecule has 1 saturated heterocycles. The molecule has 2 rings (SSSR count). The smallest absolute Gasteiger partial charge is 0.273 e. The van der Waals surface area contributed by atoms with Crippen molar-refractivity contribution in [1.82, 2.24) is 4.90 Å². The molecule has 0 unspecified atom stereocenters. The maximum absolute atomic E-state index is 12.6. The molecular weight excluding hydrogens is 237 g/mol. The summed E-state index contributed by atoms with van der Waals surface area (Å²) in [6, 6.07) is 6.33. The summed E-state index contributed by atoms with van der Waals surface area (Å²) in [6.45, 7) is 1.42. The van der Waals surface area contributed by atoms with Crippen molar-refractivity contribution in [3.8, 4) is 6.07 Å². The molecule has 0 aromatic heterocycles. The molecule has 1 aromatic rings. The largest absolute Gasteiger partial charge is 0.297 e. The Bertz CT molecular complexity index is 507. The lowest BCUT2D eigenvalue weighted by atomic mass is 10.1. The van der Waals surface area contributed by atoms with Crippen LogP contribution in [0.5, 0.6) is 0 Å². The predicted molar refractivity (Wildman–Crippen MR) is 62.9 cm³/mol. The van der Waals surface area contributed by atoms with Crippen LogP contribution in [0.2, 0.25) is 0 Å². The number of nitriles is 1. The van der Waals surface area contributed by atoms with Crippen molar-refractivity contribution < 1.29 is 9.31 Å². The number of halogens is 1. The van der Waals surface area contributed by atoms with Gasteiger partial charge in [-0.3, -0.25) is 15.0 Å². The molecule has 0 spiro atoms. The van der Waals surface area contributed by atoms with Crippen molar-refractivity contribution in [2.75, 3.05) is 19.6 Å². The molecule has 1 aliphatic rings. The van der Waals surface area contributed by atoms with Gasteiger partial charge in [-0.2, -0.15) is 5.26 Å². The van der Waals surface area contributed by atoms with E-state index in [1.165, 1.54) is 6.07 Å². The molecule has 0 radical (unpaired) electrons. The first kappa shape index (κ1) is 12.5. The van der Waals surface area contributed by atoms with Crippen molar-refractivity contribution in [1.29, 1.82) is 5.26 Å². The Labute approximate surface area is 104 Å². The summed E-state index contributed by atoms with van der Waals surface area (Å²) in [4.78, 5) is 12.3. The Morgan fingerprint density at radius 2 is 2.28 bits per heavy atom. The molecule has 0 amide bonds. The highest BCUT2D eigenvalue weighted by Crippen LogP contribution is 2.22. The van der Waals surface area contributed by atoms with E-state index in [1.807, 2.05) is 11.0 Å². The monoisotopic (exact) mass is 249 g/mol. The van der Waals surface area contributed by atoms with Crippen LogP contribution < -0.4 is 0 Å². The molecule has 0 atom stereocenters. The first-order chi connectivity index (χ1) is 8.60. The standard InChI is InChI=1S/C12H12FN3O2/c13-11-7-15(8-11)4-3-10-2-1-9(6-14)5-12(10)16(17)18/h1-2,5,11H,3-4,7-8H2. The van der Waals surface area contributed by atoms with Crippen LogP contribution in [0, 0.1) is 21.4 Å². The highest BCUT2D eigenvalue weighted by Gasteiger charge is 2.26. The van der Waals surface area contributed by atoms with E-state index in [0.29, 0.717) is 31.6 Å². The van der Waals surface area contributed by atoms with Gasteiger partial charge < -0.3 is 0 Å². The molecule has 0 aliphatic carbocycles. The van der Waals surface area contributed by atoms with Crippen LogP contribution in [-0.4, -0.2) is 35.6 Å². The second kappa shape index (κ2) is 5.10. The van der Waals surface area contributed by atoms with Crippen molar-refractivity contribution in [2.24, 2.45) is 0 Å². The molecule has 1 aromatic carbocycles. The SMILES string of the molecule is N#Cc1ccc(CCN2CC(F)C2)c([N+](=O)[O-])c1. The number of alkyl halides is 1. The number of nitro benzene ring substituents is 1. The highest BCUT2D eigenvalue weighted by molar-refractivity contribution is 5.47. The molecule has 18 heavy (non-hydrogen) atoms.